The van der Waals surface area contributed by atoms with Gasteiger partial charge in [-0.1, -0.05) is 28.1 Å². The van der Waals surface area contributed by atoms with Gasteiger partial charge in [0.25, 0.3) is 0 Å². The van der Waals surface area contributed by atoms with E-state index in [-0.39, 0.29) is 5.41 Å². The Bertz CT molecular complexity index is 335. The van der Waals surface area contributed by atoms with Gasteiger partial charge in [0.2, 0.25) is 0 Å². The van der Waals surface area contributed by atoms with E-state index in [0.29, 0.717) is 0 Å². The van der Waals surface area contributed by atoms with Gasteiger partial charge in [0.1, 0.15) is 5.67 Å². The van der Waals surface area contributed by atoms with E-state index in [2.05, 4.69) is 28.1 Å². The van der Waals surface area contributed by atoms with Crippen LogP contribution in [-0.4, -0.2) is 5.67 Å². The van der Waals surface area contributed by atoms with E-state index in [1.54, 1.807) is 0 Å². The Morgan fingerprint density at radius 3 is 2.08 bits per heavy atom. The second-order valence-electron chi connectivity index (χ2n) is 4.47. The number of rotatable bonds is 1. The average molecular weight is 241 g/mol. The van der Waals surface area contributed by atoms with Gasteiger partial charge < -0.3 is 0 Å². The SMILES string of the molecule is FC12CC(c3ccc(Br)cc3)(C1)C2. The van der Waals surface area contributed by atoms with E-state index < -0.39 is 5.67 Å². The number of hydrogen-bond donors (Lipinski definition) is 0. The zero-order valence-electron chi connectivity index (χ0n) is 7.19. The van der Waals surface area contributed by atoms with Gasteiger partial charge >= 0.3 is 0 Å². The Labute approximate surface area is 85.3 Å². The summed E-state index contributed by atoms with van der Waals surface area (Å²) in [4.78, 5) is 0. The molecule has 4 rings (SSSR count). The maximum absolute atomic E-state index is 13.3. The summed E-state index contributed by atoms with van der Waals surface area (Å²) in [6, 6.07) is 8.31. The Hall–Kier alpha value is -0.370. The lowest BCUT2D eigenvalue weighted by molar-refractivity contribution is -0.158. The van der Waals surface area contributed by atoms with Gasteiger partial charge in [-0.05, 0) is 37.0 Å². The molecule has 3 fully saturated rings. The third kappa shape index (κ3) is 0.954. The molecule has 0 N–H and O–H groups in total. The molecule has 13 heavy (non-hydrogen) atoms. The van der Waals surface area contributed by atoms with E-state index in [4.69, 9.17) is 0 Å². The van der Waals surface area contributed by atoms with Crippen molar-refractivity contribution in [2.75, 3.05) is 0 Å². The van der Waals surface area contributed by atoms with Crippen LogP contribution in [0.5, 0.6) is 0 Å². The van der Waals surface area contributed by atoms with Gasteiger partial charge in [-0.15, -0.1) is 0 Å². The highest BCUT2D eigenvalue weighted by Crippen LogP contribution is 2.69. The molecule has 3 aliphatic rings. The van der Waals surface area contributed by atoms with E-state index in [0.717, 1.165) is 23.7 Å². The van der Waals surface area contributed by atoms with Crippen LogP contribution in [0, 0.1) is 0 Å². The normalized spacial score (nSPS) is 40.8. The molecule has 0 spiro atoms. The number of alkyl halides is 1. The van der Waals surface area contributed by atoms with Gasteiger partial charge in [-0.2, -0.15) is 0 Å². The van der Waals surface area contributed by atoms with Crippen molar-refractivity contribution in [1.29, 1.82) is 0 Å². The number of benzene rings is 1. The fourth-order valence-electron chi connectivity index (χ4n) is 2.77. The molecule has 3 saturated carbocycles. The summed E-state index contributed by atoms with van der Waals surface area (Å²) in [6.07, 6.45) is 2.25. The maximum atomic E-state index is 13.3. The molecule has 3 aliphatic carbocycles. The van der Waals surface area contributed by atoms with Crippen LogP contribution < -0.4 is 0 Å². The van der Waals surface area contributed by atoms with Crippen molar-refractivity contribution in [3.05, 3.63) is 34.3 Å². The number of halogens is 2. The predicted octanol–water partition coefficient (Wildman–Crippen LogP) is 3.59. The van der Waals surface area contributed by atoms with Crippen molar-refractivity contribution < 1.29 is 4.39 Å². The first-order valence-corrected chi connectivity index (χ1v) is 5.36. The minimum Gasteiger partial charge on any atom is -0.244 e. The summed E-state index contributed by atoms with van der Waals surface area (Å²) in [5, 5.41) is 0. The quantitative estimate of drug-likeness (QED) is 0.704. The van der Waals surface area contributed by atoms with Crippen LogP contribution in [0.15, 0.2) is 28.7 Å². The van der Waals surface area contributed by atoms with E-state index in [9.17, 15) is 4.39 Å². The molecule has 0 unspecified atom stereocenters. The molecule has 0 aromatic heterocycles. The molecule has 0 aliphatic heterocycles. The van der Waals surface area contributed by atoms with Gasteiger partial charge in [0, 0.05) is 9.89 Å². The second-order valence-corrected chi connectivity index (χ2v) is 5.38. The highest BCUT2D eigenvalue weighted by Gasteiger charge is 2.69. The van der Waals surface area contributed by atoms with Crippen molar-refractivity contribution in [1.82, 2.24) is 0 Å². The molecule has 0 heterocycles. The molecular weight excluding hydrogens is 231 g/mol. The number of hydrogen-bond acceptors (Lipinski definition) is 0. The van der Waals surface area contributed by atoms with Crippen molar-refractivity contribution in [2.45, 2.75) is 30.3 Å². The summed E-state index contributed by atoms with van der Waals surface area (Å²) in [5.41, 5.74) is 0.748. The van der Waals surface area contributed by atoms with Crippen LogP contribution in [0.1, 0.15) is 24.8 Å². The van der Waals surface area contributed by atoms with Crippen molar-refractivity contribution in [3.8, 4) is 0 Å². The van der Waals surface area contributed by atoms with Gasteiger partial charge in [-0.25, -0.2) is 4.39 Å². The molecule has 0 nitrogen and oxygen atoms in total. The Balaban J connectivity index is 1.91. The molecule has 0 saturated heterocycles. The zero-order chi connectivity index (χ0) is 9.10. The molecule has 2 heteroatoms. The Morgan fingerprint density at radius 2 is 1.62 bits per heavy atom. The standard InChI is InChI=1S/C11H10BrF/c12-9-3-1-8(2-4-9)10-5-11(13,6-10)7-10/h1-4H,5-7H2. The molecule has 1 aromatic rings. The maximum Gasteiger partial charge on any atom is 0.113 e. The summed E-state index contributed by atoms with van der Waals surface area (Å²) in [5.74, 6) is 0. The van der Waals surface area contributed by atoms with Crippen LogP contribution in [0.3, 0.4) is 0 Å². The summed E-state index contributed by atoms with van der Waals surface area (Å²) >= 11 is 3.40. The fraction of sp³-hybridized carbons (Fsp3) is 0.455. The minimum absolute atomic E-state index is 0.218. The Kier molecular flexibility index (Phi) is 1.33. The van der Waals surface area contributed by atoms with E-state index >= 15 is 0 Å². The lowest BCUT2D eigenvalue weighted by Gasteiger charge is -2.66. The highest BCUT2D eigenvalue weighted by molar-refractivity contribution is 9.10. The highest BCUT2D eigenvalue weighted by atomic mass is 79.9. The minimum atomic E-state index is -0.785. The first-order chi connectivity index (χ1) is 6.12. The first kappa shape index (κ1) is 7.98. The average Bonchev–Trinajstić information content (AvgIpc) is 1.99. The molecule has 0 atom stereocenters. The topological polar surface area (TPSA) is 0 Å². The molecule has 0 radical (unpaired) electrons. The van der Waals surface area contributed by atoms with Gasteiger partial charge in [-0.3, -0.25) is 0 Å². The Morgan fingerprint density at radius 1 is 1.08 bits per heavy atom. The zero-order valence-corrected chi connectivity index (χ0v) is 8.77. The predicted molar refractivity (Wildman–Crippen MR) is 53.5 cm³/mol. The van der Waals surface area contributed by atoms with Crippen LogP contribution >= 0.6 is 15.9 Å². The second kappa shape index (κ2) is 2.17. The van der Waals surface area contributed by atoms with Crippen LogP contribution in [-0.2, 0) is 5.41 Å². The lowest BCUT2D eigenvalue weighted by atomic mass is 9.40. The summed E-state index contributed by atoms with van der Waals surface area (Å²) in [6.45, 7) is 0. The van der Waals surface area contributed by atoms with E-state index in [1.165, 1.54) is 5.56 Å². The molecule has 0 amide bonds. The smallest absolute Gasteiger partial charge is 0.113 e. The van der Waals surface area contributed by atoms with Crippen molar-refractivity contribution >= 4 is 15.9 Å². The van der Waals surface area contributed by atoms with Crippen LogP contribution in [0.4, 0.5) is 4.39 Å². The summed E-state index contributed by atoms with van der Waals surface area (Å²) in [7, 11) is 0. The van der Waals surface area contributed by atoms with E-state index in [1.807, 2.05) is 12.1 Å². The molecule has 2 bridgehead atoms. The fourth-order valence-corrected chi connectivity index (χ4v) is 3.04. The van der Waals surface area contributed by atoms with Crippen molar-refractivity contribution in [3.63, 3.8) is 0 Å². The lowest BCUT2D eigenvalue weighted by Crippen LogP contribution is -2.67. The monoisotopic (exact) mass is 240 g/mol. The van der Waals surface area contributed by atoms with Gasteiger partial charge in [0.15, 0.2) is 0 Å². The molecule has 68 valence electrons. The largest absolute Gasteiger partial charge is 0.244 e. The third-order valence-electron chi connectivity index (χ3n) is 3.42. The molecule has 1 aromatic carbocycles. The molecular formula is C11H10BrF. The third-order valence-corrected chi connectivity index (χ3v) is 3.95. The summed E-state index contributed by atoms with van der Waals surface area (Å²) < 4.78 is 14.4. The van der Waals surface area contributed by atoms with Crippen molar-refractivity contribution in [2.24, 2.45) is 0 Å². The van der Waals surface area contributed by atoms with Crippen LogP contribution in [0.2, 0.25) is 0 Å². The van der Waals surface area contributed by atoms with Gasteiger partial charge in [0.05, 0.1) is 0 Å². The first-order valence-electron chi connectivity index (χ1n) is 4.57. The van der Waals surface area contributed by atoms with Crippen LogP contribution in [0.25, 0.3) is 0 Å².